The Labute approximate surface area is 64.1 Å². The fraction of sp³-hybridized carbons (Fsp3) is 0.833. The minimum absolute atomic E-state index is 0.219. The summed E-state index contributed by atoms with van der Waals surface area (Å²) in [5, 5.41) is 2.54. The van der Waals surface area contributed by atoms with Crippen LogP contribution in [0.2, 0.25) is 0 Å². The first-order valence-corrected chi connectivity index (χ1v) is 3.85. The first-order valence-electron chi connectivity index (χ1n) is 2.93. The van der Waals surface area contributed by atoms with Crippen molar-refractivity contribution in [3.8, 4) is 0 Å². The predicted octanol–water partition coefficient (Wildman–Crippen LogP) is 1.21. The largest absolute Gasteiger partial charge is 0.345 e. The highest BCUT2D eigenvalue weighted by Crippen LogP contribution is 2.05. The summed E-state index contributed by atoms with van der Waals surface area (Å²) in [5.74, 6) is 0. The molecule has 53 valence electrons. The Morgan fingerprint density at radius 3 is 2.56 bits per heavy atom. The fourth-order valence-corrected chi connectivity index (χ4v) is 1.21. The van der Waals surface area contributed by atoms with Crippen molar-refractivity contribution in [3.05, 3.63) is 0 Å². The molecule has 2 atom stereocenters. The van der Waals surface area contributed by atoms with Crippen molar-refractivity contribution in [2.45, 2.75) is 31.1 Å². The number of rotatable bonds is 4. The molecule has 0 bridgehead atoms. The highest BCUT2D eigenvalue weighted by Gasteiger charge is 2.02. The van der Waals surface area contributed by atoms with Crippen LogP contribution in [-0.4, -0.2) is 17.3 Å². The van der Waals surface area contributed by atoms with E-state index in [4.69, 9.17) is 0 Å². The SMILES string of the molecule is CC(Br)CC(C)N[C]=O. The molecule has 0 aromatic heterocycles. The normalized spacial score (nSPS) is 16.3. The fourth-order valence-electron chi connectivity index (χ4n) is 0.647. The summed E-state index contributed by atoms with van der Waals surface area (Å²) in [7, 11) is 0. The molecular formula is C6H11BrNO. The standard InChI is InChI=1S/C6H11BrNO/c1-5(7)3-6(2)8-4-9/h5-6H,3H2,1-2H3,(H,8,9). The van der Waals surface area contributed by atoms with Crippen LogP contribution in [0, 0.1) is 0 Å². The predicted molar refractivity (Wildman–Crippen MR) is 41.3 cm³/mol. The van der Waals surface area contributed by atoms with E-state index in [2.05, 4.69) is 21.2 Å². The maximum atomic E-state index is 9.75. The molecule has 3 heteroatoms. The molecule has 0 saturated heterocycles. The number of hydrogen-bond donors (Lipinski definition) is 1. The van der Waals surface area contributed by atoms with Gasteiger partial charge in [0, 0.05) is 10.9 Å². The summed E-state index contributed by atoms with van der Waals surface area (Å²) in [6.45, 7) is 3.99. The second kappa shape index (κ2) is 4.79. The Kier molecular flexibility index (Phi) is 4.77. The molecule has 0 saturated carbocycles. The third-order valence-electron chi connectivity index (χ3n) is 0.984. The Balaban J connectivity index is 3.25. The van der Waals surface area contributed by atoms with Gasteiger partial charge in [0.1, 0.15) is 0 Å². The van der Waals surface area contributed by atoms with Gasteiger partial charge in [-0.05, 0) is 13.3 Å². The molecule has 2 unspecified atom stereocenters. The molecule has 0 aromatic carbocycles. The molecular weight excluding hydrogens is 182 g/mol. The van der Waals surface area contributed by atoms with E-state index in [0.29, 0.717) is 4.83 Å². The summed E-state index contributed by atoms with van der Waals surface area (Å²) in [6, 6.07) is 0.219. The van der Waals surface area contributed by atoms with Gasteiger partial charge >= 0.3 is 6.41 Å². The van der Waals surface area contributed by atoms with Gasteiger partial charge in [-0.25, -0.2) is 0 Å². The number of carbonyl (C=O) groups excluding carboxylic acids is 1. The Morgan fingerprint density at radius 2 is 2.22 bits per heavy atom. The topological polar surface area (TPSA) is 29.1 Å². The van der Waals surface area contributed by atoms with E-state index in [0.717, 1.165) is 6.42 Å². The Morgan fingerprint density at radius 1 is 1.67 bits per heavy atom. The summed E-state index contributed by atoms with van der Waals surface area (Å²) in [5.41, 5.74) is 0. The van der Waals surface area contributed by atoms with E-state index >= 15 is 0 Å². The van der Waals surface area contributed by atoms with Crippen LogP contribution in [0.25, 0.3) is 0 Å². The molecule has 0 spiro atoms. The van der Waals surface area contributed by atoms with Crippen LogP contribution in [-0.2, 0) is 4.79 Å². The zero-order chi connectivity index (χ0) is 7.28. The lowest BCUT2D eigenvalue weighted by Crippen LogP contribution is -2.26. The monoisotopic (exact) mass is 192 g/mol. The maximum Gasteiger partial charge on any atom is 0.309 e. The molecule has 1 radical (unpaired) electrons. The quantitative estimate of drug-likeness (QED) is 0.527. The van der Waals surface area contributed by atoms with Crippen molar-refractivity contribution in [1.82, 2.24) is 5.32 Å². The van der Waals surface area contributed by atoms with Crippen LogP contribution < -0.4 is 5.32 Å². The van der Waals surface area contributed by atoms with E-state index in [1.807, 2.05) is 13.8 Å². The van der Waals surface area contributed by atoms with Crippen molar-refractivity contribution in [2.75, 3.05) is 0 Å². The molecule has 0 aliphatic rings. The molecule has 0 heterocycles. The molecule has 0 aromatic rings. The first-order chi connectivity index (χ1) is 4.16. The summed E-state index contributed by atoms with van der Waals surface area (Å²) in [6.07, 6.45) is 2.59. The van der Waals surface area contributed by atoms with Crippen molar-refractivity contribution in [2.24, 2.45) is 0 Å². The van der Waals surface area contributed by atoms with E-state index in [1.54, 1.807) is 6.41 Å². The van der Waals surface area contributed by atoms with Crippen LogP contribution in [0.1, 0.15) is 20.3 Å². The number of nitrogens with one attached hydrogen (secondary N) is 1. The summed E-state index contributed by atoms with van der Waals surface area (Å²) >= 11 is 3.38. The van der Waals surface area contributed by atoms with E-state index in [1.165, 1.54) is 0 Å². The second-order valence-electron chi connectivity index (χ2n) is 2.16. The lowest BCUT2D eigenvalue weighted by atomic mass is 10.2. The summed E-state index contributed by atoms with van der Waals surface area (Å²) in [4.78, 5) is 10.2. The highest BCUT2D eigenvalue weighted by molar-refractivity contribution is 9.09. The van der Waals surface area contributed by atoms with Crippen molar-refractivity contribution in [3.63, 3.8) is 0 Å². The first kappa shape index (κ1) is 8.95. The van der Waals surface area contributed by atoms with Crippen molar-refractivity contribution < 1.29 is 4.79 Å². The van der Waals surface area contributed by atoms with Crippen LogP contribution in [0.4, 0.5) is 0 Å². The van der Waals surface area contributed by atoms with Gasteiger partial charge in [-0.2, -0.15) is 0 Å². The van der Waals surface area contributed by atoms with Crippen LogP contribution in [0.3, 0.4) is 0 Å². The van der Waals surface area contributed by atoms with Gasteiger partial charge in [0.15, 0.2) is 0 Å². The van der Waals surface area contributed by atoms with Crippen molar-refractivity contribution in [1.29, 1.82) is 0 Å². The molecule has 2 nitrogen and oxygen atoms in total. The number of amides is 1. The van der Waals surface area contributed by atoms with Gasteiger partial charge in [0.2, 0.25) is 0 Å². The molecule has 1 amide bonds. The van der Waals surface area contributed by atoms with E-state index in [-0.39, 0.29) is 6.04 Å². The average molecular weight is 193 g/mol. The zero-order valence-corrected chi connectivity index (χ0v) is 7.23. The van der Waals surface area contributed by atoms with Gasteiger partial charge < -0.3 is 5.32 Å². The minimum atomic E-state index is 0.219. The zero-order valence-electron chi connectivity index (χ0n) is 5.65. The molecule has 0 aliphatic heterocycles. The van der Waals surface area contributed by atoms with Gasteiger partial charge in [0.05, 0.1) is 0 Å². The van der Waals surface area contributed by atoms with Gasteiger partial charge in [0.25, 0.3) is 0 Å². The second-order valence-corrected chi connectivity index (χ2v) is 3.73. The van der Waals surface area contributed by atoms with Crippen LogP contribution >= 0.6 is 15.9 Å². The van der Waals surface area contributed by atoms with E-state index in [9.17, 15) is 4.79 Å². The average Bonchev–Trinajstić information content (AvgIpc) is 1.63. The minimum Gasteiger partial charge on any atom is -0.345 e. The van der Waals surface area contributed by atoms with Crippen LogP contribution in [0.15, 0.2) is 0 Å². The van der Waals surface area contributed by atoms with Gasteiger partial charge in [-0.3, -0.25) is 4.79 Å². The van der Waals surface area contributed by atoms with Gasteiger partial charge in [-0.1, -0.05) is 22.9 Å². The lowest BCUT2D eigenvalue weighted by Gasteiger charge is -2.09. The van der Waals surface area contributed by atoms with Gasteiger partial charge in [-0.15, -0.1) is 0 Å². The third-order valence-corrected chi connectivity index (χ3v) is 1.36. The molecule has 0 aliphatic carbocycles. The summed E-state index contributed by atoms with van der Waals surface area (Å²) < 4.78 is 0. The highest BCUT2D eigenvalue weighted by atomic mass is 79.9. The smallest absolute Gasteiger partial charge is 0.309 e. The molecule has 1 N–H and O–H groups in total. The van der Waals surface area contributed by atoms with Crippen LogP contribution in [0.5, 0.6) is 0 Å². The Hall–Kier alpha value is -0.0500. The number of halogens is 1. The molecule has 9 heavy (non-hydrogen) atoms. The lowest BCUT2D eigenvalue weighted by molar-refractivity contribution is 0.516. The number of hydrogen-bond acceptors (Lipinski definition) is 1. The number of alkyl halides is 1. The van der Waals surface area contributed by atoms with Crippen molar-refractivity contribution >= 4 is 22.3 Å². The maximum absolute atomic E-state index is 9.75. The van der Waals surface area contributed by atoms with E-state index < -0.39 is 0 Å². The molecule has 0 rings (SSSR count). The Bertz CT molecular complexity index is 85.1. The third kappa shape index (κ3) is 5.83. The molecule has 0 fully saturated rings.